The number of aliphatic hydroxyl groups is 1. The molecule has 0 saturated carbocycles. The van der Waals surface area contributed by atoms with Gasteiger partial charge in [-0.25, -0.2) is 8.42 Å². The summed E-state index contributed by atoms with van der Waals surface area (Å²) in [5, 5.41) is 12.3. The van der Waals surface area contributed by atoms with Crippen molar-refractivity contribution in [2.75, 3.05) is 38.7 Å². The molecule has 2 atom stereocenters. The topological polar surface area (TPSA) is 127 Å². The number of hydrogen-bond donors (Lipinski definition) is 2. The number of methoxy groups -OCH3 is 1. The molecule has 0 aliphatic carbocycles. The van der Waals surface area contributed by atoms with Gasteiger partial charge in [0.05, 0.1) is 37.1 Å². The van der Waals surface area contributed by atoms with Crippen LogP contribution in [-0.2, 0) is 24.3 Å². The molecule has 12 heteroatoms. The zero-order valence-electron chi connectivity index (χ0n) is 21.8. The summed E-state index contributed by atoms with van der Waals surface area (Å²) in [6, 6.07) is 17.4. The first-order valence-corrected chi connectivity index (χ1v) is 15.0. The first kappa shape index (κ1) is 29.9. The molecular weight excluding hydrogens is 649 g/mol. The molecule has 0 saturated heterocycles. The minimum absolute atomic E-state index is 0.0169. The summed E-state index contributed by atoms with van der Waals surface area (Å²) >= 11 is 2.23. The van der Waals surface area contributed by atoms with E-state index < -0.39 is 22.2 Å². The molecule has 1 amide bonds. The summed E-state index contributed by atoms with van der Waals surface area (Å²) in [5.41, 5.74) is 1.52. The van der Waals surface area contributed by atoms with Crippen LogP contribution in [0.4, 0.5) is 5.69 Å². The van der Waals surface area contributed by atoms with E-state index in [1.54, 1.807) is 36.5 Å². The lowest BCUT2D eigenvalue weighted by Crippen LogP contribution is -2.37. The highest BCUT2D eigenvalue weighted by Crippen LogP contribution is 2.32. The van der Waals surface area contributed by atoms with E-state index in [0.29, 0.717) is 17.9 Å². The summed E-state index contributed by atoms with van der Waals surface area (Å²) < 4.78 is 45.6. The Kier molecular flexibility index (Phi) is 10.5. The van der Waals surface area contributed by atoms with Crippen LogP contribution in [0, 0.1) is 3.57 Å². The van der Waals surface area contributed by atoms with E-state index in [4.69, 9.17) is 14.2 Å². The Bertz CT molecular complexity index is 1400. The predicted molar refractivity (Wildman–Crippen MR) is 157 cm³/mol. The summed E-state index contributed by atoms with van der Waals surface area (Å²) in [7, 11) is -2.39. The highest BCUT2D eigenvalue weighted by atomic mass is 127. The number of carbonyl (C=O) groups is 1. The van der Waals surface area contributed by atoms with Gasteiger partial charge in [0.15, 0.2) is 5.76 Å². The average Bonchev–Trinajstić information content (AvgIpc) is 2.97. The minimum atomic E-state index is -3.89. The number of benzene rings is 2. The molecule has 0 unspecified atom stereocenters. The first-order valence-electron chi connectivity index (χ1n) is 12.5. The molecule has 0 bridgehead atoms. The molecular formula is C28H30IN3O7S. The molecule has 0 fully saturated rings. The van der Waals surface area contributed by atoms with Crippen LogP contribution >= 0.6 is 22.6 Å². The fraction of sp³-hybridized carbons (Fsp3) is 0.286. The lowest BCUT2D eigenvalue weighted by molar-refractivity contribution is -0.143. The van der Waals surface area contributed by atoms with E-state index in [0.717, 1.165) is 13.4 Å². The number of anilines is 1. The van der Waals surface area contributed by atoms with Crippen molar-refractivity contribution in [3.63, 3.8) is 0 Å². The van der Waals surface area contributed by atoms with Gasteiger partial charge >= 0.3 is 0 Å². The van der Waals surface area contributed by atoms with Crippen LogP contribution < -0.4 is 10.1 Å². The van der Waals surface area contributed by atoms with Gasteiger partial charge in [0, 0.05) is 35.2 Å². The molecule has 1 aliphatic heterocycles. The van der Waals surface area contributed by atoms with Crippen LogP contribution in [0.2, 0.25) is 0 Å². The maximum Gasteiger partial charge on any atom is 0.290 e. The highest BCUT2D eigenvalue weighted by molar-refractivity contribution is 14.1. The number of amides is 1. The van der Waals surface area contributed by atoms with E-state index in [2.05, 4.69) is 32.9 Å². The Morgan fingerprint density at radius 3 is 2.55 bits per heavy atom. The molecule has 212 valence electrons. The second kappa shape index (κ2) is 14.0. The number of halogens is 1. The van der Waals surface area contributed by atoms with Crippen molar-refractivity contribution in [1.82, 2.24) is 9.29 Å². The molecule has 0 spiro atoms. The largest absolute Gasteiger partial charge is 0.497 e. The Labute approximate surface area is 247 Å². The number of aromatic nitrogens is 1. The van der Waals surface area contributed by atoms with Crippen LogP contribution in [0.15, 0.2) is 89.8 Å². The number of ether oxygens (including phenoxy) is 3. The molecule has 10 nitrogen and oxygen atoms in total. The van der Waals surface area contributed by atoms with E-state index in [1.165, 1.54) is 25.4 Å². The van der Waals surface area contributed by atoms with Gasteiger partial charge in [0.2, 0.25) is 16.3 Å². The van der Waals surface area contributed by atoms with Gasteiger partial charge in [0.25, 0.3) is 5.91 Å². The SMILES string of the molecule is COc1ccc(S(=O)(=O)N(CCO)CCO[C@@H]2C[C@H](c3ccc(I)cc3)C=C(C(=O)Nc3cccnc3)O2)cc1. The second-order valence-corrected chi connectivity index (χ2v) is 12.0. The number of pyridine rings is 1. The molecule has 2 heterocycles. The van der Waals surface area contributed by atoms with Crippen molar-refractivity contribution in [3.05, 3.63) is 94.0 Å². The van der Waals surface area contributed by atoms with Crippen LogP contribution in [-0.4, -0.2) is 68.4 Å². The monoisotopic (exact) mass is 679 g/mol. The minimum Gasteiger partial charge on any atom is -0.497 e. The predicted octanol–water partition coefficient (Wildman–Crippen LogP) is 3.75. The smallest absolute Gasteiger partial charge is 0.290 e. The average molecular weight is 680 g/mol. The number of nitrogens with one attached hydrogen (secondary N) is 1. The van der Waals surface area contributed by atoms with Gasteiger partial charge in [0.1, 0.15) is 5.75 Å². The highest BCUT2D eigenvalue weighted by Gasteiger charge is 2.30. The normalized spacial score (nSPS) is 17.1. The van der Waals surface area contributed by atoms with Crippen LogP contribution in [0.3, 0.4) is 0 Å². The fourth-order valence-corrected chi connectivity index (χ4v) is 5.91. The molecule has 1 aromatic heterocycles. The Morgan fingerprint density at radius 2 is 1.90 bits per heavy atom. The molecule has 3 aromatic rings. The lowest BCUT2D eigenvalue weighted by Gasteiger charge is -2.30. The summed E-state index contributed by atoms with van der Waals surface area (Å²) in [6.07, 6.45) is 4.53. The van der Waals surface area contributed by atoms with E-state index in [1.807, 2.05) is 24.3 Å². The van der Waals surface area contributed by atoms with Gasteiger partial charge < -0.3 is 24.6 Å². The van der Waals surface area contributed by atoms with Crippen LogP contribution in [0.25, 0.3) is 0 Å². The maximum atomic E-state index is 13.2. The van der Waals surface area contributed by atoms with E-state index >= 15 is 0 Å². The van der Waals surface area contributed by atoms with Gasteiger partial charge in [-0.3, -0.25) is 9.78 Å². The van der Waals surface area contributed by atoms with Crippen LogP contribution in [0.1, 0.15) is 17.9 Å². The number of nitrogens with zero attached hydrogens (tertiary/aromatic N) is 2. The Morgan fingerprint density at radius 1 is 1.15 bits per heavy atom. The number of sulfonamides is 1. The molecule has 1 aliphatic rings. The van der Waals surface area contributed by atoms with Gasteiger partial charge in [-0.2, -0.15) is 4.31 Å². The Hall–Kier alpha value is -3.04. The lowest BCUT2D eigenvalue weighted by atomic mass is 9.93. The van der Waals surface area contributed by atoms with Crippen molar-refractivity contribution in [2.45, 2.75) is 23.5 Å². The van der Waals surface area contributed by atoms with Crippen molar-refractivity contribution in [3.8, 4) is 5.75 Å². The Balaban J connectivity index is 1.46. The zero-order valence-corrected chi connectivity index (χ0v) is 24.7. The third-order valence-electron chi connectivity index (χ3n) is 6.19. The molecule has 2 N–H and O–H groups in total. The van der Waals surface area contributed by atoms with Gasteiger partial charge in [-0.15, -0.1) is 0 Å². The van der Waals surface area contributed by atoms with Crippen molar-refractivity contribution in [2.24, 2.45) is 0 Å². The standard InChI is InChI=1S/C28H30IN3O7S/c1-37-24-8-10-25(11-9-24)40(35,36)32(13-15-33)14-16-38-27-18-21(20-4-6-22(29)7-5-20)17-26(39-27)28(34)31-23-3-2-12-30-19-23/h2-12,17,19,21,27,33H,13-16,18H2,1H3,(H,31,34)/t21-,27+/m1/s1. The second-order valence-electron chi connectivity index (χ2n) is 8.84. The molecule has 40 heavy (non-hydrogen) atoms. The third kappa shape index (κ3) is 7.79. The van der Waals surface area contributed by atoms with Gasteiger partial charge in [-0.1, -0.05) is 12.1 Å². The number of aliphatic hydroxyl groups excluding tert-OH is 1. The third-order valence-corrected chi connectivity index (χ3v) is 8.82. The molecule has 4 rings (SSSR count). The van der Waals surface area contributed by atoms with Crippen molar-refractivity contribution >= 4 is 44.2 Å². The number of carbonyl (C=O) groups excluding carboxylic acids is 1. The summed E-state index contributed by atoms with van der Waals surface area (Å²) in [4.78, 5) is 17.1. The first-order chi connectivity index (χ1) is 19.3. The van der Waals surface area contributed by atoms with Crippen molar-refractivity contribution < 1.29 is 32.5 Å². The molecule has 2 aromatic carbocycles. The summed E-state index contributed by atoms with van der Waals surface area (Å²) in [6.45, 7) is -0.500. The number of allylic oxidation sites excluding steroid dienone is 1. The fourth-order valence-electron chi connectivity index (χ4n) is 4.14. The maximum absolute atomic E-state index is 13.2. The van der Waals surface area contributed by atoms with Crippen LogP contribution in [0.5, 0.6) is 5.75 Å². The van der Waals surface area contributed by atoms with Gasteiger partial charge in [-0.05, 0) is 82.8 Å². The quantitative estimate of drug-likeness (QED) is 0.278. The number of rotatable bonds is 12. The van der Waals surface area contributed by atoms with E-state index in [9.17, 15) is 18.3 Å². The summed E-state index contributed by atoms with van der Waals surface area (Å²) in [5.74, 6) is 0.0223. The molecule has 0 radical (unpaired) electrons. The van der Waals surface area contributed by atoms with Crippen molar-refractivity contribution in [1.29, 1.82) is 0 Å². The number of hydrogen-bond acceptors (Lipinski definition) is 8. The zero-order chi connectivity index (χ0) is 28.5. The van der Waals surface area contributed by atoms with E-state index in [-0.39, 0.29) is 42.9 Å².